The molecule has 2 aromatic carbocycles. The number of benzene rings is 2. The van der Waals surface area contributed by atoms with Gasteiger partial charge in [0, 0.05) is 6.07 Å². The molecular formula is C21H26O4. The van der Waals surface area contributed by atoms with Crippen molar-refractivity contribution in [3.63, 3.8) is 0 Å². The number of hydrogen-bond acceptors (Lipinski definition) is 4. The highest BCUT2D eigenvalue weighted by molar-refractivity contribution is 5.79. The number of aryl methyl sites for hydroxylation is 1. The lowest BCUT2D eigenvalue weighted by Crippen LogP contribution is -2.16. The van der Waals surface area contributed by atoms with E-state index in [2.05, 4.69) is 32.9 Å². The molecular weight excluding hydrogens is 316 g/mol. The minimum atomic E-state index is 0.00136. The van der Waals surface area contributed by atoms with Gasteiger partial charge in [-0.25, -0.2) is 0 Å². The molecule has 0 spiro atoms. The van der Waals surface area contributed by atoms with Crippen molar-refractivity contribution < 1.29 is 19.0 Å². The van der Waals surface area contributed by atoms with Crippen molar-refractivity contribution in [2.45, 2.75) is 33.1 Å². The fourth-order valence-electron chi connectivity index (χ4n) is 2.54. The summed E-state index contributed by atoms with van der Waals surface area (Å²) in [7, 11) is 1.58. The molecule has 0 aromatic heterocycles. The normalized spacial score (nSPS) is 11.1. The van der Waals surface area contributed by atoms with Crippen molar-refractivity contribution in [3.05, 3.63) is 53.1 Å². The fraction of sp³-hybridized carbons (Fsp3) is 0.381. The highest BCUT2D eigenvalue weighted by Gasteiger charge is 2.19. The predicted octanol–water partition coefficient (Wildman–Crippen LogP) is 4.57. The van der Waals surface area contributed by atoms with E-state index >= 15 is 0 Å². The molecule has 0 fully saturated rings. The quantitative estimate of drug-likeness (QED) is 0.546. The minimum Gasteiger partial charge on any atom is -0.497 e. The Hall–Kier alpha value is -2.49. The second-order valence-corrected chi connectivity index (χ2v) is 6.97. The van der Waals surface area contributed by atoms with Gasteiger partial charge >= 0.3 is 0 Å². The third-order valence-electron chi connectivity index (χ3n) is 3.89. The van der Waals surface area contributed by atoms with Crippen LogP contribution < -0.4 is 14.2 Å². The Morgan fingerprint density at radius 1 is 0.960 bits per heavy atom. The Morgan fingerprint density at radius 3 is 2.24 bits per heavy atom. The second kappa shape index (κ2) is 8.06. The van der Waals surface area contributed by atoms with Crippen LogP contribution in [0.4, 0.5) is 0 Å². The van der Waals surface area contributed by atoms with Crippen LogP contribution in [-0.2, 0) is 5.41 Å². The first-order valence-electron chi connectivity index (χ1n) is 8.35. The van der Waals surface area contributed by atoms with Crippen molar-refractivity contribution in [1.82, 2.24) is 0 Å². The van der Waals surface area contributed by atoms with Crippen LogP contribution in [0, 0.1) is 6.92 Å². The molecule has 2 aromatic rings. The molecule has 0 aliphatic heterocycles. The molecule has 0 heterocycles. The van der Waals surface area contributed by atoms with Crippen molar-refractivity contribution in [1.29, 1.82) is 0 Å². The van der Waals surface area contributed by atoms with Crippen LogP contribution in [0.3, 0.4) is 0 Å². The first-order chi connectivity index (χ1) is 11.8. The van der Waals surface area contributed by atoms with Crippen LogP contribution in [0.5, 0.6) is 17.2 Å². The van der Waals surface area contributed by atoms with Gasteiger partial charge in [0.05, 0.1) is 12.7 Å². The molecule has 0 bridgehead atoms. The van der Waals surface area contributed by atoms with Gasteiger partial charge in [-0.2, -0.15) is 0 Å². The molecule has 134 valence electrons. The van der Waals surface area contributed by atoms with Crippen molar-refractivity contribution in [3.8, 4) is 17.2 Å². The van der Waals surface area contributed by atoms with Gasteiger partial charge in [-0.15, -0.1) is 0 Å². The molecule has 0 atom stereocenters. The van der Waals surface area contributed by atoms with Gasteiger partial charge in [-0.1, -0.05) is 32.9 Å². The third-order valence-corrected chi connectivity index (χ3v) is 3.89. The van der Waals surface area contributed by atoms with Gasteiger partial charge in [0.15, 0.2) is 6.29 Å². The van der Waals surface area contributed by atoms with Crippen LogP contribution in [-0.4, -0.2) is 26.6 Å². The summed E-state index contributed by atoms with van der Waals surface area (Å²) in [5, 5.41) is 0. The lowest BCUT2D eigenvalue weighted by atomic mass is 9.86. The molecule has 2 rings (SSSR count). The summed E-state index contributed by atoms with van der Waals surface area (Å²) in [6.07, 6.45) is 0.772. The Kier molecular flexibility index (Phi) is 6.07. The molecule has 0 unspecified atom stereocenters. The van der Waals surface area contributed by atoms with E-state index < -0.39 is 0 Å². The van der Waals surface area contributed by atoms with E-state index in [0.717, 1.165) is 23.2 Å². The molecule has 4 nitrogen and oxygen atoms in total. The summed E-state index contributed by atoms with van der Waals surface area (Å²) >= 11 is 0. The van der Waals surface area contributed by atoms with Gasteiger partial charge in [0.25, 0.3) is 0 Å². The van der Waals surface area contributed by atoms with Crippen molar-refractivity contribution in [2.75, 3.05) is 20.3 Å². The largest absolute Gasteiger partial charge is 0.497 e. The monoisotopic (exact) mass is 342 g/mol. The number of aldehydes is 1. The zero-order valence-electron chi connectivity index (χ0n) is 15.6. The summed E-state index contributed by atoms with van der Waals surface area (Å²) in [6, 6.07) is 11.4. The number of carbonyl (C=O) groups is 1. The molecule has 0 amide bonds. The topological polar surface area (TPSA) is 44.8 Å². The van der Waals surface area contributed by atoms with Crippen LogP contribution in [0.25, 0.3) is 0 Å². The van der Waals surface area contributed by atoms with Crippen LogP contribution in [0.15, 0.2) is 36.4 Å². The minimum absolute atomic E-state index is 0.00136. The SMILES string of the molecule is COc1ccc(C=O)c(OCCOc2cc(C)ccc2C(C)(C)C)c1. The lowest BCUT2D eigenvalue weighted by Gasteiger charge is -2.23. The standard InChI is InChI=1S/C21H26O4/c1-15-6-9-18(21(2,3)4)20(12-15)25-11-10-24-19-13-17(23-5)8-7-16(19)14-22/h6-9,12-14H,10-11H2,1-5H3. The number of carbonyl (C=O) groups excluding carboxylic acids is 1. The predicted molar refractivity (Wildman–Crippen MR) is 99.3 cm³/mol. The molecule has 0 saturated carbocycles. The van der Waals surface area contributed by atoms with Crippen molar-refractivity contribution >= 4 is 6.29 Å². The van der Waals surface area contributed by atoms with Crippen LogP contribution in [0.1, 0.15) is 42.3 Å². The van der Waals surface area contributed by atoms with E-state index in [1.54, 1.807) is 25.3 Å². The molecule has 0 radical (unpaired) electrons. The summed E-state index contributed by atoms with van der Waals surface area (Å²) in [5.41, 5.74) is 2.81. The highest BCUT2D eigenvalue weighted by atomic mass is 16.5. The molecule has 25 heavy (non-hydrogen) atoms. The van der Waals surface area contributed by atoms with E-state index in [0.29, 0.717) is 30.3 Å². The lowest BCUT2D eigenvalue weighted by molar-refractivity contribution is 0.111. The van der Waals surface area contributed by atoms with E-state index in [1.165, 1.54) is 0 Å². The summed E-state index contributed by atoms with van der Waals surface area (Å²) in [6.45, 7) is 9.25. The maximum absolute atomic E-state index is 11.1. The van der Waals surface area contributed by atoms with E-state index in [4.69, 9.17) is 14.2 Å². The smallest absolute Gasteiger partial charge is 0.153 e. The Morgan fingerprint density at radius 2 is 1.64 bits per heavy atom. The van der Waals surface area contributed by atoms with Gasteiger partial charge in [-0.3, -0.25) is 4.79 Å². The molecule has 0 aliphatic rings. The first kappa shape index (κ1) is 18.8. The Labute approximate surface area is 149 Å². The summed E-state index contributed by atoms with van der Waals surface area (Å²) in [5.74, 6) is 2.02. The van der Waals surface area contributed by atoms with Crippen molar-refractivity contribution in [2.24, 2.45) is 0 Å². The second-order valence-electron chi connectivity index (χ2n) is 6.97. The zero-order valence-corrected chi connectivity index (χ0v) is 15.6. The fourth-order valence-corrected chi connectivity index (χ4v) is 2.54. The maximum Gasteiger partial charge on any atom is 0.153 e. The number of methoxy groups -OCH3 is 1. The van der Waals surface area contributed by atoms with Gasteiger partial charge < -0.3 is 14.2 Å². The first-order valence-corrected chi connectivity index (χ1v) is 8.35. The number of hydrogen-bond donors (Lipinski definition) is 0. The Balaban J connectivity index is 2.03. The van der Waals surface area contributed by atoms with Gasteiger partial charge in [0.1, 0.15) is 30.5 Å². The third kappa shape index (κ3) is 4.99. The molecule has 0 saturated heterocycles. The maximum atomic E-state index is 11.1. The molecule has 0 N–H and O–H groups in total. The average Bonchev–Trinajstić information content (AvgIpc) is 2.57. The van der Waals surface area contributed by atoms with Gasteiger partial charge in [-0.05, 0) is 41.7 Å². The summed E-state index contributed by atoms with van der Waals surface area (Å²) in [4.78, 5) is 11.1. The van der Waals surface area contributed by atoms with E-state index in [-0.39, 0.29) is 5.41 Å². The van der Waals surface area contributed by atoms with E-state index in [1.807, 2.05) is 13.0 Å². The highest BCUT2D eigenvalue weighted by Crippen LogP contribution is 2.32. The zero-order chi connectivity index (χ0) is 18.4. The van der Waals surface area contributed by atoms with Gasteiger partial charge in [0.2, 0.25) is 0 Å². The molecule has 0 aliphatic carbocycles. The number of ether oxygens (including phenoxy) is 3. The Bertz CT molecular complexity index is 729. The van der Waals surface area contributed by atoms with Crippen LogP contribution >= 0.6 is 0 Å². The molecule has 4 heteroatoms. The average molecular weight is 342 g/mol. The van der Waals surface area contributed by atoms with E-state index in [9.17, 15) is 4.79 Å². The summed E-state index contributed by atoms with van der Waals surface area (Å²) < 4.78 is 16.8. The number of rotatable bonds is 7. The van der Waals surface area contributed by atoms with Crippen LogP contribution in [0.2, 0.25) is 0 Å².